The Bertz CT molecular complexity index is 420. The molecular weight excluding hydrogens is 246 g/mol. The fourth-order valence-electron chi connectivity index (χ4n) is 2.02. The van der Waals surface area contributed by atoms with Crippen LogP contribution in [-0.4, -0.2) is 35.1 Å². The number of carbonyl (C=O) groups excluding carboxylic acids is 1. The van der Waals surface area contributed by atoms with Gasteiger partial charge in [-0.25, -0.2) is 10.8 Å². The summed E-state index contributed by atoms with van der Waals surface area (Å²) in [7, 11) is 0. The number of ether oxygens (including phenoxy) is 1. The number of anilines is 1. The molecule has 1 aromatic rings. The SMILES string of the molecule is NNc1cncc(C(=O)NCCC2CCCCO2)n1. The Morgan fingerprint density at radius 2 is 2.37 bits per heavy atom. The van der Waals surface area contributed by atoms with Crippen molar-refractivity contribution in [3.63, 3.8) is 0 Å². The number of nitrogens with two attached hydrogens (primary N) is 1. The van der Waals surface area contributed by atoms with Gasteiger partial charge in [0.25, 0.3) is 5.91 Å². The predicted molar refractivity (Wildman–Crippen MR) is 70.4 cm³/mol. The van der Waals surface area contributed by atoms with Crippen LogP contribution in [-0.2, 0) is 4.74 Å². The van der Waals surface area contributed by atoms with Crippen LogP contribution in [0.15, 0.2) is 12.4 Å². The topological polar surface area (TPSA) is 102 Å². The van der Waals surface area contributed by atoms with Gasteiger partial charge in [-0.1, -0.05) is 0 Å². The lowest BCUT2D eigenvalue weighted by atomic mass is 10.1. The highest BCUT2D eigenvalue weighted by molar-refractivity contribution is 5.92. The predicted octanol–water partition coefficient (Wildman–Crippen LogP) is 0.451. The highest BCUT2D eigenvalue weighted by Crippen LogP contribution is 2.14. The fraction of sp³-hybridized carbons (Fsp3) is 0.583. The van der Waals surface area contributed by atoms with E-state index < -0.39 is 0 Å². The van der Waals surface area contributed by atoms with Crippen molar-refractivity contribution in [2.24, 2.45) is 5.84 Å². The van der Waals surface area contributed by atoms with Gasteiger partial charge in [0.1, 0.15) is 5.69 Å². The molecule has 0 saturated carbocycles. The number of hydrogen-bond donors (Lipinski definition) is 3. The zero-order chi connectivity index (χ0) is 13.5. The van der Waals surface area contributed by atoms with Gasteiger partial charge >= 0.3 is 0 Å². The molecule has 1 atom stereocenters. The summed E-state index contributed by atoms with van der Waals surface area (Å²) >= 11 is 0. The van der Waals surface area contributed by atoms with E-state index in [0.717, 1.165) is 25.9 Å². The molecule has 1 saturated heterocycles. The molecule has 1 unspecified atom stereocenters. The van der Waals surface area contributed by atoms with Gasteiger partial charge in [0.05, 0.1) is 18.5 Å². The van der Waals surface area contributed by atoms with Crippen molar-refractivity contribution < 1.29 is 9.53 Å². The van der Waals surface area contributed by atoms with Gasteiger partial charge in [-0.2, -0.15) is 0 Å². The molecule has 1 amide bonds. The van der Waals surface area contributed by atoms with Crippen molar-refractivity contribution in [2.45, 2.75) is 31.8 Å². The quantitative estimate of drug-likeness (QED) is 0.528. The molecule has 4 N–H and O–H groups in total. The van der Waals surface area contributed by atoms with Crippen molar-refractivity contribution in [1.82, 2.24) is 15.3 Å². The fourth-order valence-corrected chi connectivity index (χ4v) is 2.02. The number of nitrogen functional groups attached to an aromatic ring is 1. The maximum absolute atomic E-state index is 11.8. The number of carbonyl (C=O) groups is 1. The third-order valence-electron chi connectivity index (χ3n) is 3.04. The average molecular weight is 265 g/mol. The van der Waals surface area contributed by atoms with Crippen LogP contribution in [0.1, 0.15) is 36.2 Å². The molecule has 2 rings (SSSR count). The van der Waals surface area contributed by atoms with Crippen LogP contribution < -0.4 is 16.6 Å². The van der Waals surface area contributed by atoms with Crippen LogP contribution in [0, 0.1) is 0 Å². The molecule has 1 aliphatic heterocycles. The molecule has 19 heavy (non-hydrogen) atoms. The van der Waals surface area contributed by atoms with Gasteiger partial charge in [-0.15, -0.1) is 0 Å². The summed E-state index contributed by atoms with van der Waals surface area (Å²) in [5, 5.41) is 2.81. The zero-order valence-electron chi connectivity index (χ0n) is 10.8. The second-order valence-electron chi connectivity index (χ2n) is 4.47. The van der Waals surface area contributed by atoms with E-state index >= 15 is 0 Å². The van der Waals surface area contributed by atoms with Gasteiger partial charge in [0.2, 0.25) is 0 Å². The number of nitrogens with zero attached hydrogens (tertiary/aromatic N) is 2. The van der Waals surface area contributed by atoms with E-state index in [0.29, 0.717) is 12.4 Å². The van der Waals surface area contributed by atoms with Crippen LogP contribution in [0.25, 0.3) is 0 Å². The molecule has 1 fully saturated rings. The summed E-state index contributed by atoms with van der Waals surface area (Å²) in [4.78, 5) is 19.7. The van der Waals surface area contributed by atoms with Crippen molar-refractivity contribution in [2.75, 3.05) is 18.6 Å². The second-order valence-corrected chi connectivity index (χ2v) is 4.47. The van der Waals surface area contributed by atoms with Crippen molar-refractivity contribution >= 4 is 11.7 Å². The first kappa shape index (κ1) is 13.7. The maximum Gasteiger partial charge on any atom is 0.271 e. The van der Waals surface area contributed by atoms with Crippen LogP contribution in [0.4, 0.5) is 5.82 Å². The third-order valence-corrected chi connectivity index (χ3v) is 3.04. The molecule has 0 bridgehead atoms. The lowest BCUT2D eigenvalue weighted by molar-refractivity contribution is 0.0117. The van der Waals surface area contributed by atoms with Crippen LogP contribution >= 0.6 is 0 Å². The second kappa shape index (κ2) is 7.01. The summed E-state index contributed by atoms with van der Waals surface area (Å²) in [6.45, 7) is 1.40. The number of aromatic nitrogens is 2. The van der Waals surface area contributed by atoms with Crippen LogP contribution in [0.5, 0.6) is 0 Å². The first-order chi connectivity index (χ1) is 9.29. The Balaban J connectivity index is 1.77. The van der Waals surface area contributed by atoms with E-state index in [1.165, 1.54) is 18.8 Å². The monoisotopic (exact) mass is 265 g/mol. The Labute approximate surface area is 111 Å². The Kier molecular flexibility index (Phi) is 5.05. The molecular formula is C12H19N5O2. The highest BCUT2D eigenvalue weighted by Gasteiger charge is 2.14. The number of hydrazine groups is 1. The van der Waals surface area contributed by atoms with E-state index in [1.807, 2.05) is 0 Å². The number of amides is 1. The third kappa shape index (κ3) is 4.15. The van der Waals surface area contributed by atoms with Gasteiger partial charge < -0.3 is 15.5 Å². The summed E-state index contributed by atoms with van der Waals surface area (Å²) in [5.41, 5.74) is 2.61. The number of nitrogens with one attached hydrogen (secondary N) is 2. The lowest BCUT2D eigenvalue weighted by Crippen LogP contribution is -2.30. The van der Waals surface area contributed by atoms with Gasteiger partial charge in [-0.3, -0.25) is 9.78 Å². The van der Waals surface area contributed by atoms with Crippen LogP contribution in [0.3, 0.4) is 0 Å². The van der Waals surface area contributed by atoms with Gasteiger partial charge in [-0.05, 0) is 25.7 Å². The first-order valence-corrected chi connectivity index (χ1v) is 6.48. The Morgan fingerprint density at radius 1 is 1.47 bits per heavy atom. The molecule has 0 radical (unpaired) electrons. The lowest BCUT2D eigenvalue weighted by Gasteiger charge is -2.22. The minimum absolute atomic E-state index is 0.250. The minimum atomic E-state index is -0.250. The summed E-state index contributed by atoms with van der Waals surface area (Å²) in [6, 6.07) is 0. The Morgan fingerprint density at radius 3 is 3.11 bits per heavy atom. The van der Waals surface area contributed by atoms with Gasteiger partial charge in [0, 0.05) is 13.2 Å². The largest absolute Gasteiger partial charge is 0.378 e. The molecule has 104 valence electrons. The highest BCUT2D eigenvalue weighted by atomic mass is 16.5. The molecule has 7 heteroatoms. The van der Waals surface area contributed by atoms with Crippen LogP contribution in [0.2, 0.25) is 0 Å². The molecule has 1 aromatic heterocycles. The van der Waals surface area contributed by atoms with E-state index in [-0.39, 0.29) is 17.7 Å². The average Bonchev–Trinajstić information content (AvgIpc) is 2.48. The Hall–Kier alpha value is -1.73. The van der Waals surface area contributed by atoms with E-state index in [9.17, 15) is 4.79 Å². The summed E-state index contributed by atoms with van der Waals surface area (Å²) in [5.74, 6) is 5.33. The first-order valence-electron chi connectivity index (χ1n) is 6.48. The smallest absolute Gasteiger partial charge is 0.271 e. The summed E-state index contributed by atoms with van der Waals surface area (Å²) in [6.07, 6.45) is 7.36. The van der Waals surface area contributed by atoms with Crippen molar-refractivity contribution in [3.05, 3.63) is 18.1 Å². The molecule has 1 aliphatic rings. The molecule has 2 heterocycles. The molecule has 7 nitrogen and oxygen atoms in total. The van der Waals surface area contributed by atoms with E-state index in [4.69, 9.17) is 10.6 Å². The van der Waals surface area contributed by atoms with Crippen molar-refractivity contribution in [3.8, 4) is 0 Å². The van der Waals surface area contributed by atoms with E-state index in [2.05, 4.69) is 20.7 Å². The number of hydrogen-bond acceptors (Lipinski definition) is 6. The maximum atomic E-state index is 11.8. The normalized spacial score (nSPS) is 18.9. The van der Waals surface area contributed by atoms with E-state index in [1.54, 1.807) is 0 Å². The molecule has 0 aliphatic carbocycles. The minimum Gasteiger partial charge on any atom is -0.378 e. The molecule has 0 spiro atoms. The number of rotatable bonds is 5. The molecule has 0 aromatic carbocycles. The summed E-state index contributed by atoms with van der Waals surface area (Å²) < 4.78 is 5.60. The van der Waals surface area contributed by atoms with Crippen molar-refractivity contribution in [1.29, 1.82) is 0 Å². The van der Waals surface area contributed by atoms with Gasteiger partial charge in [0.15, 0.2) is 5.82 Å². The standard InChI is InChI=1S/C12H19N5O2/c13-17-11-8-14-7-10(16-11)12(18)15-5-4-9-3-1-2-6-19-9/h7-9H,1-6,13H2,(H,15,18)(H,16,17). The zero-order valence-corrected chi connectivity index (χ0v) is 10.8.